The molecule has 1 amide bonds. The molecule has 1 heterocycles. The van der Waals surface area contributed by atoms with Crippen molar-refractivity contribution in [3.05, 3.63) is 90.5 Å². The number of allylic oxidation sites excluding steroid dienone is 4. The van der Waals surface area contributed by atoms with Gasteiger partial charge in [0.15, 0.2) is 6.61 Å². The second-order valence-corrected chi connectivity index (χ2v) is 6.89. The third-order valence-electron chi connectivity index (χ3n) is 4.81. The Kier molecular flexibility index (Phi) is 5.56. The Morgan fingerprint density at radius 1 is 1.10 bits per heavy atom. The van der Waals surface area contributed by atoms with Gasteiger partial charge in [-0.25, -0.2) is 4.98 Å². The summed E-state index contributed by atoms with van der Waals surface area (Å²) in [6.45, 7) is 1.91. The number of hydrogen-bond acceptors (Lipinski definition) is 3. The minimum Gasteiger partial charge on any atom is -0.484 e. The number of amides is 1. The molecule has 3 aromatic rings. The van der Waals surface area contributed by atoms with Crippen LogP contribution in [0.4, 0.5) is 5.69 Å². The van der Waals surface area contributed by atoms with Crippen molar-refractivity contribution < 1.29 is 9.53 Å². The molecular weight excluding hydrogens is 362 g/mol. The summed E-state index contributed by atoms with van der Waals surface area (Å²) in [4.78, 5) is 16.4. The molecule has 0 fully saturated rings. The molecule has 1 N–H and O–H groups in total. The van der Waals surface area contributed by atoms with Crippen LogP contribution < -0.4 is 10.1 Å². The molecule has 0 saturated carbocycles. The number of carbonyl (C=O) groups excluding carboxylic acids is 1. The van der Waals surface area contributed by atoms with Gasteiger partial charge in [0.2, 0.25) is 0 Å². The Morgan fingerprint density at radius 3 is 2.55 bits per heavy atom. The molecule has 0 radical (unpaired) electrons. The SMILES string of the molecule is Cc1nccn1-c1ccc(OCC(=O)Nc2ccc(C3=CCCC=C3)cc2)cc1. The topological polar surface area (TPSA) is 56.2 Å². The first kappa shape index (κ1) is 18.7. The highest BCUT2D eigenvalue weighted by Crippen LogP contribution is 2.23. The van der Waals surface area contributed by atoms with E-state index in [1.807, 2.05) is 66.2 Å². The summed E-state index contributed by atoms with van der Waals surface area (Å²) in [6, 6.07) is 15.5. The van der Waals surface area contributed by atoms with Gasteiger partial charge in [0.25, 0.3) is 5.91 Å². The van der Waals surface area contributed by atoms with Crippen LogP contribution in [-0.4, -0.2) is 22.1 Å². The van der Waals surface area contributed by atoms with Gasteiger partial charge in [-0.15, -0.1) is 0 Å². The number of imidazole rings is 1. The van der Waals surface area contributed by atoms with Crippen molar-refractivity contribution in [2.24, 2.45) is 0 Å². The third kappa shape index (κ3) is 4.63. The highest BCUT2D eigenvalue weighted by molar-refractivity contribution is 5.92. The fraction of sp³-hybridized carbons (Fsp3) is 0.167. The van der Waals surface area contributed by atoms with Crippen LogP contribution in [0.15, 0.2) is 79.2 Å². The molecule has 0 aliphatic heterocycles. The number of nitrogens with one attached hydrogen (secondary N) is 1. The van der Waals surface area contributed by atoms with Gasteiger partial charge >= 0.3 is 0 Å². The average Bonchev–Trinajstić information content (AvgIpc) is 3.20. The Hall–Kier alpha value is -3.60. The number of benzene rings is 2. The molecule has 29 heavy (non-hydrogen) atoms. The van der Waals surface area contributed by atoms with E-state index in [9.17, 15) is 4.79 Å². The van der Waals surface area contributed by atoms with Crippen LogP contribution in [0.2, 0.25) is 0 Å². The lowest BCUT2D eigenvalue weighted by Crippen LogP contribution is -2.20. The minimum atomic E-state index is -0.191. The Labute approximate surface area is 170 Å². The van der Waals surface area contributed by atoms with Gasteiger partial charge in [0.05, 0.1) is 0 Å². The molecular formula is C24H23N3O2. The molecule has 4 rings (SSSR count). The normalized spacial score (nSPS) is 13.1. The van der Waals surface area contributed by atoms with E-state index in [0.29, 0.717) is 5.75 Å². The maximum atomic E-state index is 12.2. The predicted molar refractivity (Wildman–Crippen MR) is 115 cm³/mol. The Balaban J connectivity index is 1.30. The zero-order chi connectivity index (χ0) is 20.1. The number of aryl methyl sites for hydroxylation is 1. The molecule has 1 aliphatic rings. The highest BCUT2D eigenvalue weighted by Gasteiger charge is 2.06. The van der Waals surface area contributed by atoms with Crippen LogP contribution >= 0.6 is 0 Å². The van der Waals surface area contributed by atoms with E-state index in [4.69, 9.17) is 4.74 Å². The van der Waals surface area contributed by atoms with E-state index in [0.717, 1.165) is 35.6 Å². The summed E-state index contributed by atoms with van der Waals surface area (Å²) < 4.78 is 7.59. The van der Waals surface area contributed by atoms with Crippen LogP contribution in [0.1, 0.15) is 24.2 Å². The summed E-state index contributed by atoms with van der Waals surface area (Å²) in [7, 11) is 0. The zero-order valence-corrected chi connectivity index (χ0v) is 16.3. The van der Waals surface area contributed by atoms with E-state index in [2.05, 4.69) is 28.5 Å². The largest absolute Gasteiger partial charge is 0.484 e. The molecule has 0 atom stereocenters. The van der Waals surface area contributed by atoms with Crippen molar-refractivity contribution in [1.29, 1.82) is 0 Å². The molecule has 5 nitrogen and oxygen atoms in total. The predicted octanol–water partition coefficient (Wildman–Crippen LogP) is 4.93. The second-order valence-electron chi connectivity index (χ2n) is 6.89. The lowest BCUT2D eigenvalue weighted by Gasteiger charge is -2.10. The van der Waals surface area contributed by atoms with E-state index < -0.39 is 0 Å². The first-order chi connectivity index (χ1) is 14.2. The van der Waals surface area contributed by atoms with Crippen LogP contribution in [0, 0.1) is 6.92 Å². The number of nitrogens with zero attached hydrogens (tertiary/aromatic N) is 2. The van der Waals surface area contributed by atoms with E-state index in [1.54, 1.807) is 6.20 Å². The van der Waals surface area contributed by atoms with Gasteiger partial charge in [-0.3, -0.25) is 4.79 Å². The first-order valence-electron chi connectivity index (χ1n) is 9.69. The van der Waals surface area contributed by atoms with Crippen LogP contribution in [0.3, 0.4) is 0 Å². The van der Waals surface area contributed by atoms with Crippen molar-refractivity contribution in [2.75, 3.05) is 11.9 Å². The van der Waals surface area contributed by atoms with Crippen molar-refractivity contribution in [1.82, 2.24) is 9.55 Å². The van der Waals surface area contributed by atoms with Crippen LogP contribution in [0.5, 0.6) is 5.75 Å². The number of aromatic nitrogens is 2. The van der Waals surface area contributed by atoms with Gasteiger partial charge in [0, 0.05) is 23.8 Å². The summed E-state index contributed by atoms with van der Waals surface area (Å²) in [5, 5.41) is 2.87. The maximum absolute atomic E-state index is 12.2. The van der Waals surface area contributed by atoms with Crippen molar-refractivity contribution >= 4 is 17.2 Å². The molecule has 1 aliphatic carbocycles. The van der Waals surface area contributed by atoms with Crippen LogP contribution in [-0.2, 0) is 4.79 Å². The standard InChI is InChI=1S/C24H23N3O2/c1-18-25-15-16-27(18)22-11-13-23(14-12-22)29-17-24(28)26-21-9-7-20(8-10-21)19-5-3-2-4-6-19/h3,5-16H,2,4,17H2,1H3,(H,26,28). The fourth-order valence-corrected chi connectivity index (χ4v) is 3.27. The molecule has 0 bridgehead atoms. The summed E-state index contributed by atoms with van der Waals surface area (Å²) in [6.07, 6.45) is 12.4. The molecule has 0 saturated heterocycles. The molecule has 5 heteroatoms. The van der Waals surface area contributed by atoms with Crippen molar-refractivity contribution in [3.63, 3.8) is 0 Å². The zero-order valence-electron chi connectivity index (χ0n) is 16.3. The van der Waals surface area contributed by atoms with Gasteiger partial charge < -0.3 is 14.6 Å². The van der Waals surface area contributed by atoms with Crippen molar-refractivity contribution in [2.45, 2.75) is 19.8 Å². The summed E-state index contributed by atoms with van der Waals surface area (Å²) >= 11 is 0. The number of anilines is 1. The lowest BCUT2D eigenvalue weighted by atomic mass is 9.99. The molecule has 0 spiro atoms. The highest BCUT2D eigenvalue weighted by atomic mass is 16.5. The van der Waals surface area contributed by atoms with Gasteiger partial charge in [-0.2, -0.15) is 0 Å². The molecule has 146 valence electrons. The minimum absolute atomic E-state index is 0.0426. The fourth-order valence-electron chi connectivity index (χ4n) is 3.27. The monoisotopic (exact) mass is 385 g/mol. The smallest absolute Gasteiger partial charge is 0.262 e. The first-order valence-corrected chi connectivity index (χ1v) is 9.69. The van der Waals surface area contributed by atoms with Gasteiger partial charge in [-0.1, -0.05) is 30.4 Å². The second kappa shape index (κ2) is 8.61. The van der Waals surface area contributed by atoms with E-state index in [-0.39, 0.29) is 12.5 Å². The number of carbonyl (C=O) groups is 1. The number of ether oxygens (including phenoxy) is 1. The molecule has 0 unspecified atom stereocenters. The number of rotatable bonds is 6. The summed E-state index contributed by atoms with van der Waals surface area (Å²) in [5.41, 5.74) is 4.14. The number of hydrogen-bond donors (Lipinski definition) is 1. The Morgan fingerprint density at radius 2 is 1.90 bits per heavy atom. The van der Waals surface area contributed by atoms with E-state index in [1.165, 1.54) is 5.57 Å². The van der Waals surface area contributed by atoms with E-state index >= 15 is 0 Å². The van der Waals surface area contributed by atoms with Crippen LogP contribution in [0.25, 0.3) is 11.3 Å². The van der Waals surface area contributed by atoms with Gasteiger partial charge in [-0.05, 0) is 67.3 Å². The molecule has 2 aromatic carbocycles. The summed E-state index contributed by atoms with van der Waals surface area (Å²) in [5.74, 6) is 1.37. The Bertz CT molecular complexity index is 1040. The third-order valence-corrected chi connectivity index (χ3v) is 4.81. The average molecular weight is 385 g/mol. The van der Waals surface area contributed by atoms with Gasteiger partial charge in [0.1, 0.15) is 11.6 Å². The maximum Gasteiger partial charge on any atom is 0.262 e. The van der Waals surface area contributed by atoms with Crippen molar-refractivity contribution in [3.8, 4) is 11.4 Å². The lowest BCUT2D eigenvalue weighted by molar-refractivity contribution is -0.118. The quantitative estimate of drug-likeness (QED) is 0.654. The molecule has 1 aromatic heterocycles.